The van der Waals surface area contributed by atoms with Crippen LogP contribution in [-0.2, 0) is 16.0 Å². The second-order valence-electron chi connectivity index (χ2n) is 7.26. The Morgan fingerprint density at radius 2 is 2.06 bits per heavy atom. The first-order valence-corrected chi connectivity index (χ1v) is 11.2. The number of aryl methyl sites for hydroxylation is 1. The van der Waals surface area contributed by atoms with Crippen LogP contribution in [0.4, 0.5) is 0 Å². The van der Waals surface area contributed by atoms with Gasteiger partial charge in [-0.1, -0.05) is 35.0 Å². The summed E-state index contributed by atoms with van der Waals surface area (Å²) in [7, 11) is 0. The zero-order valence-corrected chi connectivity index (χ0v) is 19.2. The number of carbonyl (C=O) groups excluding carboxylic acids is 1. The highest BCUT2D eigenvalue weighted by molar-refractivity contribution is 9.10. The lowest BCUT2D eigenvalue weighted by Gasteiger charge is -2.26. The Kier molecular flexibility index (Phi) is 6.96. The summed E-state index contributed by atoms with van der Waals surface area (Å²) in [6.45, 7) is 4.16. The average molecular weight is 499 g/mol. The fourth-order valence-electron chi connectivity index (χ4n) is 3.40. The molecule has 8 nitrogen and oxygen atoms in total. The second-order valence-corrected chi connectivity index (χ2v) is 8.17. The lowest BCUT2D eigenvalue weighted by atomic mass is 10.2. The van der Waals surface area contributed by atoms with E-state index < -0.39 is 0 Å². The normalized spacial score (nSPS) is 14.2. The number of hydrogen-bond acceptors (Lipinski definition) is 6. The van der Waals surface area contributed by atoms with E-state index in [1.165, 1.54) is 4.68 Å². The molecule has 1 aliphatic rings. The van der Waals surface area contributed by atoms with Crippen LogP contribution in [0.25, 0.3) is 10.9 Å². The molecule has 1 fully saturated rings. The van der Waals surface area contributed by atoms with Crippen molar-refractivity contribution in [3.05, 3.63) is 68.7 Å². The quantitative estimate of drug-likeness (QED) is 0.487. The van der Waals surface area contributed by atoms with Crippen molar-refractivity contribution in [2.45, 2.75) is 13.3 Å². The summed E-state index contributed by atoms with van der Waals surface area (Å²) in [5.41, 5.74) is 1.15. The number of rotatable bonds is 6. The minimum absolute atomic E-state index is 0.0382. The van der Waals surface area contributed by atoms with Gasteiger partial charge in [0.25, 0.3) is 11.5 Å². The van der Waals surface area contributed by atoms with Crippen LogP contribution in [0.2, 0.25) is 0 Å². The van der Waals surface area contributed by atoms with Crippen LogP contribution < -0.4 is 10.3 Å². The first-order chi connectivity index (χ1) is 15.5. The number of carbonyl (C=O) groups is 1. The highest BCUT2D eigenvalue weighted by Crippen LogP contribution is 2.16. The zero-order valence-electron chi connectivity index (χ0n) is 17.7. The van der Waals surface area contributed by atoms with E-state index in [1.54, 1.807) is 29.3 Å². The van der Waals surface area contributed by atoms with Crippen molar-refractivity contribution in [2.75, 3.05) is 32.9 Å². The Labute approximate surface area is 193 Å². The largest absolute Gasteiger partial charge is 0.484 e. The van der Waals surface area contributed by atoms with Crippen LogP contribution in [-0.4, -0.2) is 59.6 Å². The summed E-state index contributed by atoms with van der Waals surface area (Å²) in [6, 6.07) is 12.6. The molecule has 2 heterocycles. The second kappa shape index (κ2) is 10.1. The number of aromatic nitrogens is 2. The summed E-state index contributed by atoms with van der Waals surface area (Å²) in [5.74, 6) is 1.06. The minimum atomic E-state index is -0.229. The van der Waals surface area contributed by atoms with Gasteiger partial charge in [-0.15, -0.1) is 0 Å². The Morgan fingerprint density at radius 1 is 1.25 bits per heavy atom. The summed E-state index contributed by atoms with van der Waals surface area (Å²) in [5, 5.41) is 4.89. The molecule has 0 N–H and O–H groups in total. The number of hydrogen-bond donors (Lipinski definition) is 0. The Morgan fingerprint density at radius 3 is 2.84 bits per heavy atom. The standard InChI is InChI=1S/C23H23BrN4O4/c1-2-21-26-20-7-6-17(24)13-19(20)23(30)28(21)25-14-16-4-3-5-18(12-16)32-15-22(29)27-8-10-31-11-9-27/h3-7,12-14H,2,8-11,15H2,1H3. The van der Waals surface area contributed by atoms with Crippen molar-refractivity contribution >= 4 is 39.0 Å². The van der Waals surface area contributed by atoms with Gasteiger partial charge in [-0.2, -0.15) is 9.78 Å². The molecule has 1 aromatic heterocycles. The van der Waals surface area contributed by atoms with Gasteiger partial charge >= 0.3 is 0 Å². The van der Waals surface area contributed by atoms with Gasteiger partial charge in [-0.3, -0.25) is 9.59 Å². The molecule has 0 atom stereocenters. The maximum absolute atomic E-state index is 13.0. The molecule has 3 aromatic rings. The number of halogens is 1. The third-order valence-electron chi connectivity index (χ3n) is 5.10. The molecule has 0 aliphatic carbocycles. The lowest BCUT2D eigenvalue weighted by molar-refractivity contribution is -0.137. The van der Waals surface area contributed by atoms with Crippen LogP contribution in [0.3, 0.4) is 0 Å². The lowest BCUT2D eigenvalue weighted by Crippen LogP contribution is -2.42. The van der Waals surface area contributed by atoms with Gasteiger partial charge in [0.15, 0.2) is 6.61 Å². The smallest absolute Gasteiger partial charge is 0.282 e. The third kappa shape index (κ3) is 5.05. The zero-order chi connectivity index (χ0) is 22.5. The van der Waals surface area contributed by atoms with Crippen molar-refractivity contribution in [1.82, 2.24) is 14.6 Å². The predicted molar refractivity (Wildman–Crippen MR) is 125 cm³/mol. The number of morpholine rings is 1. The van der Waals surface area contributed by atoms with Gasteiger partial charge in [0, 0.05) is 24.0 Å². The van der Waals surface area contributed by atoms with E-state index in [0.29, 0.717) is 55.2 Å². The van der Waals surface area contributed by atoms with Gasteiger partial charge in [-0.25, -0.2) is 4.98 Å². The molecule has 0 bridgehead atoms. The molecular weight excluding hydrogens is 476 g/mol. The third-order valence-corrected chi connectivity index (χ3v) is 5.59. The summed E-state index contributed by atoms with van der Waals surface area (Å²) < 4.78 is 13.1. The molecule has 0 unspecified atom stereocenters. The van der Waals surface area contributed by atoms with Crippen molar-refractivity contribution < 1.29 is 14.3 Å². The van der Waals surface area contributed by atoms with E-state index in [1.807, 2.05) is 31.2 Å². The monoisotopic (exact) mass is 498 g/mol. The summed E-state index contributed by atoms with van der Waals surface area (Å²) >= 11 is 3.40. The number of nitrogens with zero attached hydrogens (tertiary/aromatic N) is 4. The number of amides is 1. The van der Waals surface area contributed by atoms with E-state index in [2.05, 4.69) is 26.0 Å². The molecule has 1 saturated heterocycles. The molecule has 166 valence electrons. The molecule has 2 aromatic carbocycles. The van der Waals surface area contributed by atoms with Crippen molar-refractivity contribution in [1.29, 1.82) is 0 Å². The van der Waals surface area contributed by atoms with Crippen molar-refractivity contribution in [2.24, 2.45) is 5.10 Å². The van der Waals surface area contributed by atoms with Crippen LogP contribution in [0.1, 0.15) is 18.3 Å². The molecule has 4 rings (SSSR count). The average Bonchev–Trinajstić information content (AvgIpc) is 2.83. The van der Waals surface area contributed by atoms with Gasteiger partial charge in [0.2, 0.25) is 0 Å². The Balaban J connectivity index is 1.52. The maximum atomic E-state index is 13.0. The summed E-state index contributed by atoms with van der Waals surface area (Å²) in [6.07, 6.45) is 2.15. The molecule has 0 radical (unpaired) electrons. The molecule has 0 saturated carbocycles. The molecule has 32 heavy (non-hydrogen) atoms. The van der Waals surface area contributed by atoms with Gasteiger partial charge in [-0.05, 0) is 35.9 Å². The van der Waals surface area contributed by atoms with Crippen LogP contribution in [0, 0.1) is 0 Å². The molecule has 1 aliphatic heterocycles. The fraction of sp³-hybridized carbons (Fsp3) is 0.304. The summed E-state index contributed by atoms with van der Waals surface area (Å²) in [4.78, 5) is 31.6. The topological polar surface area (TPSA) is 86.0 Å². The highest BCUT2D eigenvalue weighted by Gasteiger charge is 2.17. The predicted octanol–water partition coefficient (Wildman–Crippen LogP) is 2.84. The Bertz CT molecular complexity index is 1220. The minimum Gasteiger partial charge on any atom is -0.484 e. The van der Waals surface area contributed by atoms with Crippen molar-refractivity contribution in [3.63, 3.8) is 0 Å². The number of fused-ring (bicyclic) bond motifs is 1. The van der Waals surface area contributed by atoms with Crippen LogP contribution in [0.15, 0.2) is 56.8 Å². The molecule has 9 heteroatoms. The van der Waals surface area contributed by atoms with E-state index in [-0.39, 0.29) is 18.1 Å². The Hall–Kier alpha value is -3.04. The first-order valence-electron chi connectivity index (χ1n) is 10.4. The maximum Gasteiger partial charge on any atom is 0.282 e. The van der Waals surface area contributed by atoms with Crippen LogP contribution >= 0.6 is 15.9 Å². The number of benzene rings is 2. The van der Waals surface area contributed by atoms with E-state index >= 15 is 0 Å². The molecule has 1 amide bonds. The SMILES string of the molecule is CCc1nc2ccc(Br)cc2c(=O)n1N=Cc1cccc(OCC(=O)N2CCOCC2)c1. The van der Waals surface area contributed by atoms with Gasteiger partial charge in [0.1, 0.15) is 11.6 Å². The van der Waals surface area contributed by atoms with Crippen molar-refractivity contribution in [3.8, 4) is 5.75 Å². The van der Waals surface area contributed by atoms with Crippen LogP contribution in [0.5, 0.6) is 5.75 Å². The van der Waals surface area contributed by atoms with E-state index in [4.69, 9.17) is 9.47 Å². The van der Waals surface area contributed by atoms with E-state index in [9.17, 15) is 9.59 Å². The fourth-order valence-corrected chi connectivity index (χ4v) is 3.76. The highest BCUT2D eigenvalue weighted by atomic mass is 79.9. The van der Waals surface area contributed by atoms with Gasteiger partial charge in [0.05, 0.1) is 30.3 Å². The number of ether oxygens (including phenoxy) is 2. The van der Waals surface area contributed by atoms with Gasteiger partial charge < -0.3 is 14.4 Å². The van der Waals surface area contributed by atoms with E-state index in [0.717, 1.165) is 10.0 Å². The molecule has 0 spiro atoms. The molecular formula is C23H23BrN4O4. The first kappa shape index (κ1) is 22.2.